The highest BCUT2D eigenvalue weighted by atomic mass is 32.1. The van der Waals surface area contributed by atoms with Crippen molar-refractivity contribution < 1.29 is 19.5 Å². The first-order valence-corrected chi connectivity index (χ1v) is 5.31. The number of rotatable bonds is 5. The maximum Gasteiger partial charge on any atom is 0.326 e. The molecular formula is C8H10N4O4S. The second kappa shape index (κ2) is 5.25. The third-order valence-electron chi connectivity index (χ3n) is 1.76. The van der Waals surface area contributed by atoms with E-state index in [2.05, 4.69) is 10.3 Å². The number of hydrogen-bond donors (Lipinski definition) is 4. The van der Waals surface area contributed by atoms with Crippen molar-refractivity contribution in [2.75, 3.05) is 5.73 Å². The van der Waals surface area contributed by atoms with E-state index in [9.17, 15) is 14.4 Å². The number of carboxylic acid groups (broad SMARTS) is 1. The van der Waals surface area contributed by atoms with Crippen LogP contribution in [-0.2, 0) is 9.59 Å². The fraction of sp³-hybridized carbons (Fsp3) is 0.250. The van der Waals surface area contributed by atoms with Gasteiger partial charge in [-0.05, 0) is 0 Å². The van der Waals surface area contributed by atoms with E-state index in [1.807, 2.05) is 0 Å². The summed E-state index contributed by atoms with van der Waals surface area (Å²) in [6.45, 7) is 0. The number of nitrogens with one attached hydrogen (secondary N) is 1. The highest BCUT2D eigenvalue weighted by molar-refractivity contribution is 7.13. The molecule has 0 fully saturated rings. The van der Waals surface area contributed by atoms with E-state index in [0.717, 1.165) is 11.3 Å². The Bertz CT molecular complexity index is 458. The van der Waals surface area contributed by atoms with Gasteiger partial charge in [0.2, 0.25) is 5.91 Å². The van der Waals surface area contributed by atoms with Crippen LogP contribution in [0.5, 0.6) is 0 Å². The summed E-state index contributed by atoms with van der Waals surface area (Å²) in [6.07, 6.45) is -0.485. The summed E-state index contributed by atoms with van der Waals surface area (Å²) < 4.78 is 0. The molecule has 2 amide bonds. The number of nitrogens with zero attached hydrogens (tertiary/aromatic N) is 1. The number of carboxylic acids is 1. The van der Waals surface area contributed by atoms with Gasteiger partial charge in [0.15, 0.2) is 5.13 Å². The molecule has 9 heteroatoms. The van der Waals surface area contributed by atoms with Crippen molar-refractivity contribution in [3.8, 4) is 0 Å². The average Bonchev–Trinajstić information content (AvgIpc) is 2.63. The lowest BCUT2D eigenvalue weighted by Gasteiger charge is -2.11. The molecule has 6 N–H and O–H groups in total. The minimum Gasteiger partial charge on any atom is -0.480 e. The molecule has 92 valence electrons. The van der Waals surface area contributed by atoms with Crippen molar-refractivity contribution in [1.82, 2.24) is 10.3 Å². The Balaban J connectivity index is 2.70. The number of nitrogen functional groups attached to an aromatic ring is 1. The van der Waals surface area contributed by atoms with Gasteiger partial charge >= 0.3 is 5.97 Å². The number of carbonyl (C=O) groups is 3. The van der Waals surface area contributed by atoms with E-state index in [4.69, 9.17) is 16.6 Å². The second-order valence-electron chi connectivity index (χ2n) is 3.11. The summed E-state index contributed by atoms with van der Waals surface area (Å²) in [7, 11) is 0. The van der Waals surface area contributed by atoms with Gasteiger partial charge in [-0.2, -0.15) is 0 Å². The van der Waals surface area contributed by atoms with Gasteiger partial charge in [-0.3, -0.25) is 9.59 Å². The Hall–Kier alpha value is -2.16. The maximum absolute atomic E-state index is 11.5. The Morgan fingerprint density at radius 2 is 2.18 bits per heavy atom. The van der Waals surface area contributed by atoms with Crippen molar-refractivity contribution in [3.05, 3.63) is 11.1 Å². The number of amides is 2. The maximum atomic E-state index is 11.5. The highest BCUT2D eigenvalue weighted by Gasteiger charge is 2.23. The summed E-state index contributed by atoms with van der Waals surface area (Å²) >= 11 is 1.05. The molecule has 1 atom stereocenters. The number of primary amides is 1. The SMILES string of the molecule is NC(=O)C[C@@H](NC(=O)c1csc(N)n1)C(=O)O. The normalized spacial score (nSPS) is 11.8. The van der Waals surface area contributed by atoms with Crippen molar-refractivity contribution in [2.45, 2.75) is 12.5 Å². The van der Waals surface area contributed by atoms with Crippen LogP contribution in [0.25, 0.3) is 0 Å². The lowest BCUT2D eigenvalue weighted by atomic mass is 10.2. The van der Waals surface area contributed by atoms with Crippen LogP contribution in [0.15, 0.2) is 5.38 Å². The van der Waals surface area contributed by atoms with E-state index in [-0.39, 0.29) is 10.8 Å². The smallest absolute Gasteiger partial charge is 0.326 e. The van der Waals surface area contributed by atoms with Crippen molar-refractivity contribution >= 4 is 34.3 Å². The average molecular weight is 258 g/mol. The molecule has 1 rings (SSSR count). The van der Waals surface area contributed by atoms with Gasteiger partial charge in [-0.1, -0.05) is 0 Å². The molecule has 0 unspecified atom stereocenters. The molecule has 0 aliphatic rings. The molecule has 0 saturated heterocycles. The summed E-state index contributed by atoms with van der Waals surface area (Å²) in [5, 5.41) is 12.5. The Morgan fingerprint density at radius 3 is 2.59 bits per heavy atom. The van der Waals surface area contributed by atoms with Crippen molar-refractivity contribution in [2.24, 2.45) is 5.73 Å². The zero-order valence-electron chi connectivity index (χ0n) is 8.54. The number of aliphatic carboxylic acids is 1. The monoisotopic (exact) mass is 258 g/mol. The molecule has 0 bridgehead atoms. The Labute approximate surface area is 99.6 Å². The van der Waals surface area contributed by atoms with Crippen molar-refractivity contribution in [1.29, 1.82) is 0 Å². The molecule has 8 nitrogen and oxygen atoms in total. The predicted molar refractivity (Wildman–Crippen MR) is 59.2 cm³/mol. The molecular weight excluding hydrogens is 248 g/mol. The lowest BCUT2D eigenvalue weighted by Crippen LogP contribution is -2.43. The molecule has 17 heavy (non-hydrogen) atoms. The van der Waals surface area contributed by atoms with E-state index in [0.29, 0.717) is 0 Å². The predicted octanol–water partition coefficient (Wildman–Crippen LogP) is -1.22. The van der Waals surface area contributed by atoms with Crippen LogP contribution in [0.1, 0.15) is 16.9 Å². The molecule has 0 spiro atoms. The van der Waals surface area contributed by atoms with Crippen LogP contribution in [-0.4, -0.2) is 33.9 Å². The molecule has 1 aromatic rings. The Kier molecular flexibility index (Phi) is 3.99. The van der Waals surface area contributed by atoms with Crippen LogP contribution in [0.3, 0.4) is 0 Å². The van der Waals surface area contributed by atoms with Crippen LogP contribution in [0, 0.1) is 0 Å². The summed E-state index contributed by atoms with van der Waals surface area (Å²) in [5.41, 5.74) is 10.2. The third kappa shape index (κ3) is 3.72. The van der Waals surface area contributed by atoms with E-state index >= 15 is 0 Å². The van der Waals surface area contributed by atoms with E-state index in [1.54, 1.807) is 0 Å². The zero-order valence-corrected chi connectivity index (χ0v) is 9.36. The van der Waals surface area contributed by atoms with Crippen LogP contribution >= 0.6 is 11.3 Å². The second-order valence-corrected chi connectivity index (χ2v) is 4.00. The van der Waals surface area contributed by atoms with Gasteiger partial charge in [0.25, 0.3) is 5.91 Å². The largest absolute Gasteiger partial charge is 0.480 e. The molecule has 1 heterocycles. The first kappa shape index (κ1) is 12.9. The zero-order chi connectivity index (χ0) is 13.0. The minimum atomic E-state index is -1.37. The number of hydrogen-bond acceptors (Lipinski definition) is 6. The van der Waals surface area contributed by atoms with E-state index in [1.165, 1.54) is 5.38 Å². The summed E-state index contributed by atoms with van der Waals surface area (Å²) in [5.74, 6) is -2.89. The number of aromatic nitrogens is 1. The van der Waals surface area contributed by atoms with Crippen LogP contribution < -0.4 is 16.8 Å². The molecule has 0 saturated carbocycles. The van der Waals surface area contributed by atoms with Crippen molar-refractivity contribution in [3.63, 3.8) is 0 Å². The Morgan fingerprint density at radius 1 is 1.53 bits per heavy atom. The van der Waals surface area contributed by atoms with Gasteiger partial charge in [0, 0.05) is 5.38 Å². The topological polar surface area (TPSA) is 148 Å². The highest BCUT2D eigenvalue weighted by Crippen LogP contribution is 2.11. The van der Waals surface area contributed by atoms with Gasteiger partial charge < -0.3 is 21.9 Å². The number of nitrogens with two attached hydrogens (primary N) is 2. The van der Waals surface area contributed by atoms with E-state index < -0.39 is 30.2 Å². The van der Waals surface area contributed by atoms with Gasteiger partial charge in [-0.15, -0.1) is 11.3 Å². The number of carbonyl (C=O) groups excluding carboxylic acids is 2. The third-order valence-corrected chi connectivity index (χ3v) is 2.44. The fourth-order valence-corrected chi connectivity index (χ4v) is 1.57. The fourth-order valence-electron chi connectivity index (χ4n) is 1.03. The quantitative estimate of drug-likeness (QED) is 0.520. The summed E-state index contributed by atoms with van der Waals surface area (Å²) in [6, 6.07) is -1.37. The molecule has 0 aliphatic carbocycles. The standard InChI is InChI=1S/C8H10N4O4S/c9-5(13)1-3(7(15)16)11-6(14)4-2-17-8(10)12-4/h2-3H,1H2,(H2,9,13)(H2,10,12)(H,11,14)(H,15,16)/t3-/m1/s1. The first-order chi connectivity index (χ1) is 7.90. The minimum absolute atomic E-state index is 0.00298. The summed E-state index contributed by atoms with van der Waals surface area (Å²) in [4.78, 5) is 36.5. The van der Waals surface area contributed by atoms with Crippen LogP contribution in [0.2, 0.25) is 0 Å². The molecule has 1 aromatic heterocycles. The molecule has 0 radical (unpaired) electrons. The number of anilines is 1. The van der Waals surface area contributed by atoms with Crippen LogP contribution in [0.4, 0.5) is 5.13 Å². The van der Waals surface area contributed by atoms with Gasteiger partial charge in [0.1, 0.15) is 11.7 Å². The number of thiazole rings is 1. The van der Waals surface area contributed by atoms with Gasteiger partial charge in [0.05, 0.1) is 6.42 Å². The molecule has 0 aromatic carbocycles. The molecule has 0 aliphatic heterocycles. The lowest BCUT2D eigenvalue weighted by molar-refractivity contribution is -0.140. The van der Waals surface area contributed by atoms with Gasteiger partial charge in [-0.25, -0.2) is 9.78 Å². The first-order valence-electron chi connectivity index (χ1n) is 4.43.